The molecule has 0 aliphatic carbocycles. The lowest BCUT2D eigenvalue weighted by Crippen LogP contribution is -2.53. The van der Waals surface area contributed by atoms with Gasteiger partial charge in [-0.05, 0) is 19.8 Å². The van der Waals surface area contributed by atoms with Crippen molar-refractivity contribution in [1.29, 1.82) is 0 Å². The fraction of sp³-hybridized carbons (Fsp3) is 0.750. The van der Waals surface area contributed by atoms with Gasteiger partial charge in [0.25, 0.3) is 5.91 Å². The number of esters is 1. The molecule has 0 radical (unpaired) electrons. The first-order valence-corrected chi connectivity index (χ1v) is 6.34. The van der Waals surface area contributed by atoms with Gasteiger partial charge in [0.05, 0.1) is 6.61 Å². The Morgan fingerprint density at radius 1 is 1.42 bits per heavy atom. The second-order valence-corrected chi connectivity index (χ2v) is 4.65. The molecule has 19 heavy (non-hydrogen) atoms. The van der Waals surface area contributed by atoms with Gasteiger partial charge in [0.2, 0.25) is 5.91 Å². The Labute approximate surface area is 112 Å². The van der Waals surface area contributed by atoms with E-state index in [1.807, 2.05) is 0 Å². The van der Waals surface area contributed by atoms with E-state index in [1.165, 1.54) is 9.80 Å². The van der Waals surface area contributed by atoms with Gasteiger partial charge in [-0.3, -0.25) is 9.59 Å². The minimum Gasteiger partial charge on any atom is -0.464 e. The molecule has 7 nitrogen and oxygen atoms in total. The molecule has 0 aromatic rings. The minimum atomic E-state index is -1.35. The van der Waals surface area contributed by atoms with E-state index in [1.54, 1.807) is 21.0 Å². The van der Waals surface area contributed by atoms with Crippen LogP contribution in [-0.2, 0) is 19.1 Å². The largest absolute Gasteiger partial charge is 0.464 e. The highest BCUT2D eigenvalue weighted by atomic mass is 16.5. The second-order valence-electron chi connectivity index (χ2n) is 4.65. The van der Waals surface area contributed by atoms with E-state index < -0.39 is 24.0 Å². The molecular formula is C12H21N3O4. The first-order valence-electron chi connectivity index (χ1n) is 6.34. The van der Waals surface area contributed by atoms with Gasteiger partial charge in [0, 0.05) is 20.6 Å². The van der Waals surface area contributed by atoms with E-state index in [0.29, 0.717) is 13.0 Å². The van der Waals surface area contributed by atoms with Gasteiger partial charge in [-0.25, -0.2) is 4.79 Å². The zero-order valence-corrected chi connectivity index (χ0v) is 11.6. The predicted molar refractivity (Wildman–Crippen MR) is 68.0 cm³/mol. The number of rotatable bonds is 4. The summed E-state index contributed by atoms with van der Waals surface area (Å²) in [5.41, 5.74) is 5.57. The molecule has 1 aliphatic heterocycles. The molecule has 0 bridgehead atoms. The highest BCUT2D eigenvalue weighted by Gasteiger charge is 2.39. The maximum Gasteiger partial charge on any atom is 0.332 e. The van der Waals surface area contributed by atoms with Crippen LogP contribution in [0.3, 0.4) is 0 Å². The number of likely N-dealkylation sites (tertiary alicyclic amines) is 1. The van der Waals surface area contributed by atoms with Crippen LogP contribution < -0.4 is 5.73 Å². The fourth-order valence-corrected chi connectivity index (χ4v) is 2.10. The summed E-state index contributed by atoms with van der Waals surface area (Å²) in [5.74, 6) is -1.45. The number of carbonyl (C=O) groups is 3. The summed E-state index contributed by atoms with van der Waals surface area (Å²) in [5, 5.41) is 0. The Hall–Kier alpha value is -1.63. The molecule has 2 N–H and O–H groups in total. The monoisotopic (exact) mass is 271 g/mol. The highest BCUT2D eigenvalue weighted by molar-refractivity contribution is 6.03. The Morgan fingerprint density at radius 2 is 2.05 bits per heavy atom. The topological polar surface area (TPSA) is 92.9 Å². The van der Waals surface area contributed by atoms with Gasteiger partial charge in [0.1, 0.15) is 6.04 Å². The summed E-state index contributed by atoms with van der Waals surface area (Å²) in [6, 6.07) is -1.88. The number of nitrogens with zero attached hydrogens (tertiary/aromatic N) is 2. The summed E-state index contributed by atoms with van der Waals surface area (Å²) in [4.78, 5) is 38.4. The van der Waals surface area contributed by atoms with E-state index in [4.69, 9.17) is 10.5 Å². The Morgan fingerprint density at radius 3 is 2.58 bits per heavy atom. The summed E-state index contributed by atoms with van der Waals surface area (Å²) >= 11 is 0. The van der Waals surface area contributed by atoms with E-state index >= 15 is 0 Å². The third-order valence-corrected chi connectivity index (χ3v) is 3.07. The van der Waals surface area contributed by atoms with Crippen LogP contribution in [0.25, 0.3) is 0 Å². The SMILES string of the molecule is CCOC(=O)C(N)C(=O)N1CCCC1C(=O)N(C)C. The van der Waals surface area contributed by atoms with E-state index in [2.05, 4.69) is 0 Å². The van der Waals surface area contributed by atoms with Crippen LogP contribution in [0, 0.1) is 0 Å². The highest BCUT2D eigenvalue weighted by Crippen LogP contribution is 2.19. The van der Waals surface area contributed by atoms with Crippen molar-refractivity contribution in [2.75, 3.05) is 27.2 Å². The molecule has 0 aromatic carbocycles. The average molecular weight is 271 g/mol. The lowest BCUT2D eigenvalue weighted by molar-refractivity contribution is -0.153. The number of likely N-dealkylation sites (N-methyl/N-ethyl adjacent to an activating group) is 1. The molecule has 2 unspecified atom stereocenters. The molecule has 1 aliphatic rings. The zero-order valence-electron chi connectivity index (χ0n) is 11.6. The predicted octanol–water partition coefficient (Wildman–Crippen LogP) is -1.04. The number of hydrogen-bond donors (Lipinski definition) is 1. The molecule has 1 heterocycles. The van der Waals surface area contributed by atoms with Crippen molar-refractivity contribution in [3.05, 3.63) is 0 Å². The molecule has 108 valence electrons. The number of ether oxygens (including phenoxy) is 1. The van der Waals surface area contributed by atoms with Crippen LogP contribution in [-0.4, -0.2) is 66.9 Å². The van der Waals surface area contributed by atoms with Crippen LogP contribution >= 0.6 is 0 Å². The van der Waals surface area contributed by atoms with Crippen molar-refractivity contribution in [3.8, 4) is 0 Å². The van der Waals surface area contributed by atoms with Crippen molar-refractivity contribution >= 4 is 17.8 Å². The third-order valence-electron chi connectivity index (χ3n) is 3.07. The van der Waals surface area contributed by atoms with Crippen molar-refractivity contribution in [2.24, 2.45) is 5.73 Å². The smallest absolute Gasteiger partial charge is 0.332 e. The maximum absolute atomic E-state index is 12.1. The Balaban J connectivity index is 2.75. The van der Waals surface area contributed by atoms with Crippen molar-refractivity contribution < 1.29 is 19.1 Å². The standard InChI is InChI=1S/C12H21N3O4/c1-4-19-12(18)9(13)11(17)15-7-5-6-8(15)10(16)14(2)3/h8-9H,4-7,13H2,1-3H3. The van der Waals surface area contributed by atoms with Gasteiger partial charge < -0.3 is 20.3 Å². The van der Waals surface area contributed by atoms with Crippen LogP contribution in [0.2, 0.25) is 0 Å². The first kappa shape index (κ1) is 15.4. The number of amides is 2. The van der Waals surface area contributed by atoms with Crippen molar-refractivity contribution in [2.45, 2.75) is 31.8 Å². The molecule has 2 atom stereocenters. The van der Waals surface area contributed by atoms with Crippen LogP contribution in [0.1, 0.15) is 19.8 Å². The Kier molecular flexibility index (Phi) is 5.29. The summed E-state index contributed by atoms with van der Waals surface area (Å²) in [6.45, 7) is 2.25. The van der Waals surface area contributed by atoms with E-state index in [0.717, 1.165) is 6.42 Å². The number of nitrogens with two attached hydrogens (primary N) is 1. The average Bonchev–Trinajstić information content (AvgIpc) is 2.85. The summed E-state index contributed by atoms with van der Waals surface area (Å²) < 4.78 is 4.72. The number of carbonyl (C=O) groups excluding carboxylic acids is 3. The van der Waals surface area contributed by atoms with Gasteiger partial charge in [-0.1, -0.05) is 0 Å². The van der Waals surface area contributed by atoms with E-state index in [-0.39, 0.29) is 12.5 Å². The quantitative estimate of drug-likeness (QED) is 0.520. The first-order chi connectivity index (χ1) is 8.90. The van der Waals surface area contributed by atoms with Gasteiger partial charge in [0.15, 0.2) is 6.04 Å². The maximum atomic E-state index is 12.1. The summed E-state index contributed by atoms with van der Waals surface area (Å²) in [7, 11) is 3.27. The van der Waals surface area contributed by atoms with Crippen LogP contribution in [0.15, 0.2) is 0 Å². The van der Waals surface area contributed by atoms with Crippen LogP contribution in [0.5, 0.6) is 0 Å². The lowest BCUT2D eigenvalue weighted by Gasteiger charge is -2.27. The number of hydrogen-bond acceptors (Lipinski definition) is 5. The molecule has 1 fully saturated rings. The molecule has 1 saturated heterocycles. The van der Waals surface area contributed by atoms with Gasteiger partial charge in [-0.15, -0.1) is 0 Å². The van der Waals surface area contributed by atoms with Crippen LogP contribution in [0.4, 0.5) is 0 Å². The zero-order chi connectivity index (χ0) is 14.6. The lowest BCUT2D eigenvalue weighted by atomic mass is 10.2. The molecule has 7 heteroatoms. The molecular weight excluding hydrogens is 250 g/mol. The molecule has 0 spiro atoms. The molecule has 1 rings (SSSR count). The van der Waals surface area contributed by atoms with E-state index in [9.17, 15) is 14.4 Å². The minimum absolute atomic E-state index is 0.151. The van der Waals surface area contributed by atoms with Gasteiger partial charge >= 0.3 is 5.97 Å². The molecule has 0 saturated carbocycles. The Bertz CT molecular complexity index is 370. The van der Waals surface area contributed by atoms with Crippen molar-refractivity contribution in [1.82, 2.24) is 9.80 Å². The molecule has 0 aromatic heterocycles. The molecule has 2 amide bonds. The van der Waals surface area contributed by atoms with Crippen molar-refractivity contribution in [3.63, 3.8) is 0 Å². The third kappa shape index (κ3) is 3.44. The summed E-state index contributed by atoms with van der Waals surface area (Å²) in [6.07, 6.45) is 1.32. The van der Waals surface area contributed by atoms with Gasteiger partial charge in [-0.2, -0.15) is 0 Å². The second kappa shape index (κ2) is 6.51. The fourth-order valence-electron chi connectivity index (χ4n) is 2.10. The normalized spacial score (nSPS) is 20.0.